The lowest BCUT2D eigenvalue weighted by Crippen LogP contribution is -2.36. The monoisotopic (exact) mass is 499 g/mol. The van der Waals surface area contributed by atoms with Crippen molar-refractivity contribution >= 4 is 23.4 Å². The Morgan fingerprint density at radius 3 is 2.50 bits per heavy atom. The first kappa shape index (κ1) is 24.0. The van der Waals surface area contributed by atoms with Crippen molar-refractivity contribution in [2.24, 2.45) is 0 Å². The minimum absolute atomic E-state index is 0.0963. The molecule has 0 saturated heterocycles. The topological polar surface area (TPSA) is 56.6 Å². The van der Waals surface area contributed by atoms with Crippen LogP contribution in [0.25, 0.3) is 16.9 Å². The normalized spacial score (nSPS) is 12.8. The number of thioether (sulfide) groups is 1. The van der Waals surface area contributed by atoms with Crippen molar-refractivity contribution in [3.05, 3.63) is 84.6 Å². The van der Waals surface area contributed by atoms with Crippen molar-refractivity contribution in [1.29, 1.82) is 0 Å². The molecule has 7 heteroatoms. The molecule has 0 radical (unpaired) electrons. The Labute approximate surface area is 215 Å². The largest absolute Gasteiger partial charge is 0.497 e. The number of ether oxygens (including phenoxy) is 2. The highest BCUT2D eigenvalue weighted by Crippen LogP contribution is 2.31. The smallest absolute Gasteiger partial charge is 0.237 e. The SMILES string of the molecule is CCOc1ccc(-c2cn(-c3ccc(OC)cc3)c(SCC(=O)N3CCCc4ccccc43)n2)cc1. The summed E-state index contributed by atoms with van der Waals surface area (Å²) in [5.41, 5.74) is 5.05. The molecule has 3 aromatic carbocycles. The Hall–Kier alpha value is -3.71. The Morgan fingerprint density at radius 1 is 1.00 bits per heavy atom. The van der Waals surface area contributed by atoms with Gasteiger partial charge in [0, 0.05) is 29.7 Å². The Kier molecular flexibility index (Phi) is 7.28. The predicted molar refractivity (Wildman–Crippen MR) is 145 cm³/mol. The molecule has 1 aromatic heterocycles. The molecular formula is C29H29N3O3S. The van der Waals surface area contributed by atoms with E-state index in [0.717, 1.165) is 58.7 Å². The van der Waals surface area contributed by atoms with Gasteiger partial charge >= 0.3 is 0 Å². The number of anilines is 1. The zero-order valence-corrected chi connectivity index (χ0v) is 21.3. The summed E-state index contributed by atoms with van der Waals surface area (Å²) >= 11 is 1.46. The second kappa shape index (κ2) is 10.9. The number of hydrogen-bond donors (Lipinski definition) is 0. The summed E-state index contributed by atoms with van der Waals surface area (Å²) in [7, 11) is 1.65. The highest BCUT2D eigenvalue weighted by atomic mass is 32.2. The van der Waals surface area contributed by atoms with E-state index in [0.29, 0.717) is 12.4 Å². The summed E-state index contributed by atoms with van der Waals surface area (Å²) in [5.74, 6) is 2.03. The van der Waals surface area contributed by atoms with Crippen LogP contribution in [0, 0.1) is 0 Å². The van der Waals surface area contributed by atoms with Crippen molar-refractivity contribution in [3.8, 4) is 28.4 Å². The second-order valence-corrected chi connectivity index (χ2v) is 9.44. The van der Waals surface area contributed by atoms with Gasteiger partial charge in [0.2, 0.25) is 5.91 Å². The Morgan fingerprint density at radius 2 is 1.75 bits per heavy atom. The van der Waals surface area contributed by atoms with Crippen molar-refractivity contribution in [1.82, 2.24) is 9.55 Å². The summed E-state index contributed by atoms with van der Waals surface area (Å²) in [5, 5.41) is 0.766. The first-order valence-corrected chi connectivity index (χ1v) is 13.1. The summed E-state index contributed by atoms with van der Waals surface area (Å²) < 4.78 is 12.9. The number of methoxy groups -OCH3 is 1. The van der Waals surface area contributed by atoms with Crippen molar-refractivity contribution in [2.75, 3.05) is 30.9 Å². The number of fused-ring (bicyclic) bond motifs is 1. The van der Waals surface area contributed by atoms with E-state index in [2.05, 4.69) is 6.07 Å². The van der Waals surface area contributed by atoms with E-state index >= 15 is 0 Å². The van der Waals surface area contributed by atoms with E-state index in [1.54, 1.807) is 7.11 Å². The molecule has 1 aliphatic rings. The number of carbonyl (C=O) groups excluding carboxylic acids is 1. The highest BCUT2D eigenvalue weighted by molar-refractivity contribution is 7.99. The minimum atomic E-state index is 0.0963. The molecule has 4 aromatic rings. The molecule has 1 aliphatic heterocycles. The van der Waals surface area contributed by atoms with Crippen LogP contribution in [0.3, 0.4) is 0 Å². The third kappa shape index (κ3) is 5.11. The predicted octanol–water partition coefficient (Wildman–Crippen LogP) is 6.02. The minimum Gasteiger partial charge on any atom is -0.497 e. The summed E-state index contributed by atoms with van der Waals surface area (Å²) in [6.07, 6.45) is 4.01. The molecule has 5 rings (SSSR count). The fourth-order valence-electron chi connectivity index (χ4n) is 4.42. The number of carbonyl (C=O) groups is 1. The molecule has 6 nitrogen and oxygen atoms in total. The van der Waals surface area contributed by atoms with E-state index in [1.807, 2.05) is 89.3 Å². The van der Waals surface area contributed by atoms with Crippen LogP contribution < -0.4 is 14.4 Å². The third-order valence-corrected chi connectivity index (χ3v) is 7.16. The van der Waals surface area contributed by atoms with Gasteiger partial charge in [-0.1, -0.05) is 30.0 Å². The van der Waals surface area contributed by atoms with Gasteiger partial charge in [-0.25, -0.2) is 4.98 Å². The van der Waals surface area contributed by atoms with Crippen LogP contribution in [-0.2, 0) is 11.2 Å². The van der Waals surface area contributed by atoms with Crippen LogP contribution in [0.1, 0.15) is 18.9 Å². The van der Waals surface area contributed by atoms with Crippen molar-refractivity contribution < 1.29 is 14.3 Å². The molecule has 2 heterocycles. The molecule has 0 spiro atoms. The molecule has 0 saturated carbocycles. The van der Waals surface area contributed by atoms with Gasteiger partial charge in [0.1, 0.15) is 11.5 Å². The zero-order chi connectivity index (χ0) is 24.9. The number of imidazole rings is 1. The van der Waals surface area contributed by atoms with Gasteiger partial charge in [-0.05, 0) is 79.9 Å². The van der Waals surface area contributed by atoms with E-state index in [-0.39, 0.29) is 5.91 Å². The van der Waals surface area contributed by atoms with Gasteiger partial charge in [-0.2, -0.15) is 0 Å². The molecule has 0 unspecified atom stereocenters. The lowest BCUT2D eigenvalue weighted by Gasteiger charge is -2.29. The third-order valence-electron chi connectivity index (χ3n) is 6.22. The molecule has 0 fully saturated rings. The van der Waals surface area contributed by atoms with Gasteiger partial charge in [-0.15, -0.1) is 0 Å². The van der Waals surface area contributed by atoms with Gasteiger partial charge < -0.3 is 14.4 Å². The van der Waals surface area contributed by atoms with E-state index < -0.39 is 0 Å². The van der Waals surface area contributed by atoms with E-state index in [9.17, 15) is 4.79 Å². The van der Waals surface area contributed by atoms with E-state index in [4.69, 9.17) is 14.5 Å². The van der Waals surface area contributed by atoms with Gasteiger partial charge in [0.05, 0.1) is 25.2 Å². The van der Waals surface area contributed by atoms with Gasteiger partial charge in [0.15, 0.2) is 5.16 Å². The fraction of sp³-hybridized carbons (Fsp3) is 0.241. The number of aryl methyl sites for hydroxylation is 1. The highest BCUT2D eigenvalue weighted by Gasteiger charge is 2.23. The average Bonchev–Trinajstić information content (AvgIpc) is 3.36. The van der Waals surface area contributed by atoms with Crippen LogP contribution in [0.2, 0.25) is 0 Å². The maximum Gasteiger partial charge on any atom is 0.237 e. The quantitative estimate of drug-likeness (QED) is 0.278. The maximum atomic E-state index is 13.3. The Bertz CT molecular complexity index is 1330. The lowest BCUT2D eigenvalue weighted by atomic mass is 10.0. The second-order valence-electron chi connectivity index (χ2n) is 8.50. The fourth-order valence-corrected chi connectivity index (χ4v) is 5.29. The zero-order valence-electron chi connectivity index (χ0n) is 20.5. The number of nitrogens with zero attached hydrogens (tertiary/aromatic N) is 3. The standard InChI is InChI=1S/C29H29N3O3S/c1-3-35-25-14-10-21(11-15-25)26-19-32(23-12-16-24(34-2)17-13-23)29(30-26)36-20-28(33)31-18-6-8-22-7-4-5-9-27(22)31/h4-5,7,9-17,19H,3,6,8,18,20H2,1-2H3. The maximum absolute atomic E-state index is 13.3. The number of benzene rings is 3. The number of amides is 1. The molecule has 0 aliphatic carbocycles. The molecule has 1 amide bonds. The van der Waals surface area contributed by atoms with Crippen molar-refractivity contribution in [2.45, 2.75) is 24.9 Å². The number of rotatable bonds is 8. The molecule has 0 N–H and O–H groups in total. The first-order chi connectivity index (χ1) is 17.7. The molecule has 36 heavy (non-hydrogen) atoms. The van der Waals surface area contributed by atoms with Crippen LogP contribution in [0.5, 0.6) is 11.5 Å². The molecule has 0 atom stereocenters. The first-order valence-electron chi connectivity index (χ1n) is 12.1. The van der Waals surface area contributed by atoms with Crippen LogP contribution >= 0.6 is 11.8 Å². The summed E-state index contributed by atoms with van der Waals surface area (Å²) in [6.45, 7) is 3.35. The molecule has 184 valence electrons. The number of hydrogen-bond acceptors (Lipinski definition) is 5. The number of aromatic nitrogens is 2. The van der Waals surface area contributed by atoms with Crippen LogP contribution in [-0.4, -0.2) is 41.5 Å². The molecular weight excluding hydrogens is 470 g/mol. The summed E-state index contributed by atoms with van der Waals surface area (Å²) in [4.78, 5) is 20.1. The van der Waals surface area contributed by atoms with Gasteiger partial charge in [0.25, 0.3) is 0 Å². The lowest BCUT2D eigenvalue weighted by molar-refractivity contribution is -0.116. The van der Waals surface area contributed by atoms with Crippen LogP contribution in [0.15, 0.2) is 84.1 Å². The van der Waals surface area contributed by atoms with Gasteiger partial charge in [-0.3, -0.25) is 9.36 Å². The molecule has 0 bridgehead atoms. The van der Waals surface area contributed by atoms with Crippen molar-refractivity contribution in [3.63, 3.8) is 0 Å². The Balaban J connectivity index is 1.41. The van der Waals surface area contributed by atoms with E-state index in [1.165, 1.54) is 17.3 Å². The number of para-hydroxylation sites is 1. The van der Waals surface area contributed by atoms with Crippen LogP contribution in [0.4, 0.5) is 5.69 Å². The summed E-state index contributed by atoms with van der Waals surface area (Å²) in [6, 6.07) is 24.0. The average molecular weight is 500 g/mol.